The molecule has 380 valence electrons. The van der Waals surface area contributed by atoms with Crippen LogP contribution in [0.15, 0.2) is 54.6 Å². The molecule has 0 aliphatic heterocycles. The average Bonchev–Trinajstić information content (AvgIpc) is 3.39. The second kappa shape index (κ2) is 25.3. The molecule has 3 aromatic rings. The third-order valence-electron chi connectivity index (χ3n) is 12.9. The van der Waals surface area contributed by atoms with Crippen LogP contribution in [-0.4, -0.2) is 97.3 Å². The zero-order chi connectivity index (χ0) is 50.2. The first kappa shape index (κ1) is 52.1. The number of methoxy groups -OCH3 is 6. The van der Waals surface area contributed by atoms with E-state index in [-0.39, 0.29) is 40.4 Å². The highest BCUT2D eigenvalue weighted by atomic mass is 17.2. The van der Waals surface area contributed by atoms with Crippen molar-refractivity contribution < 1.29 is 101 Å². The third kappa shape index (κ3) is 14.6. The Kier molecular flexibility index (Phi) is 18.8. The number of carbonyl (C=O) groups is 6. The zero-order valence-corrected chi connectivity index (χ0v) is 39.8. The van der Waals surface area contributed by atoms with Crippen LogP contribution in [0.2, 0.25) is 0 Å². The van der Waals surface area contributed by atoms with E-state index in [0.717, 1.165) is 38.5 Å². The molecule has 0 aromatic heterocycles. The maximum atomic E-state index is 12.7. The van der Waals surface area contributed by atoms with Crippen molar-refractivity contribution in [2.45, 2.75) is 95.4 Å². The van der Waals surface area contributed by atoms with E-state index >= 15 is 0 Å². The standard InChI is InChI=1S/C49H58O21/c1-56-37-19-31(20-38(25-37)57-2)44(50)65-68-47(53)62-34-13-7-28(8-14-34)43(29-9-15-35(16-10-29)63-48(54)69-66-45(51)32-21-39(58-3)26-40(22-32)59-4)30-11-17-36(18-12-30)64-49(55)70-67-46(52)33-23-41(60-5)27-42(24-33)61-6/h19-30,34-36,43H,7-18H2,1-6H3. The second-order valence-corrected chi connectivity index (χ2v) is 17.0. The third-order valence-corrected chi connectivity index (χ3v) is 12.9. The van der Waals surface area contributed by atoms with Crippen molar-refractivity contribution in [3.05, 3.63) is 71.3 Å². The first-order chi connectivity index (χ1) is 33.8. The Morgan fingerprint density at radius 3 is 0.743 bits per heavy atom. The minimum Gasteiger partial charge on any atom is -0.497 e. The lowest BCUT2D eigenvalue weighted by Crippen LogP contribution is -2.39. The van der Waals surface area contributed by atoms with Crippen molar-refractivity contribution in [1.29, 1.82) is 0 Å². The highest BCUT2D eigenvalue weighted by Gasteiger charge is 2.42. The smallest absolute Gasteiger partial charge is 0.497 e. The van der Waals surface area contributed by atoms with E-state index in [0.29, 0.717) is 73.0 Å². The number of rotatable bonds is 15. The Bertz CT molecular complexity index is 1950. The number of ether oxygens (including phenoxy) is 9. The molecule has 3 aromatic carbocycles. The first-order valence-corrected chi connectivity index (χ1v) is 22.8. The summed E-state index contributed by atoms with van der Waals surface area (Å²) in [6.45, 7) is 0. The van der Waals surface area contributed by atoms with Crippen LogP contribution >= 0.6 is 0 Å². The Labute approximate surface area is 403 Å². The van der Waals surface area contributed by atoms with Gasteiger partial charge >= 0.3 is 36.4 Å². The van der Waals surface area contributed by atoms with Gasteiger partial charge in [0.05, 0.1) is 59.3 Å². The molecule has 0 saturated heterocycles. The Hall–Kier alpha value is -7.32. The van der Waals surface area contributed by atoms with Crippen LogP contribution < -0.4 is 28.4 Å². The summed E-state index contributed by atoms with van der Waals surface area (Å²) in [5.74, 6) is 0.134. The molecular formula is C49H58O21. The van der Waals surface area contributed by atoms with Crippen molar-refractivity contribution in [2.75, 3.05) is 42.7 Å². The van der Waals surface area contributed by atoms with Gasteiger partial charge in [0.25, 0.3) is 0 Å². The summed E-state index contributed by atoms with van der Waals surface area (Å²) in [7, 11) is 8.57. The van der Waals surface area contributed by atoms with Gasteiger partial charge in [-0.3, -0.25) is 0 Å². The van der Waals surface area contributed by atoms with Crippen molar-refractivity contribution in [1.82, 2.24) is 0 Å². The van der Waals surface area contributed by atoms with E-state index in [1.807, 2.05) is 0 Å². The maximum absolute atomic E-state index is 12.7. The fraction of sp³-hybridized carbons (Fsp3) is 0.510. The topological polar surface area (TPSA) is 241 Å². The minimum absolute atomic E-state index is 0.0388. The average molecular weight is 983 g/mol. The van der Waals surface area contributed by atoms with Crippen LogP contribution in [-0.2, 0) is 43.5 Å². The summed E-state index contributed by atoms with van der Waals surface area (Å²) in [5.41, 5.74) is 0.117. The molecule has 21 heteroatoms. The van der Waals surface area contributed by atoms with E-state index in [1.165, 1.54) is 79.1 Å². The fourth-order valence-corrected chi connectivity index (χ4v) is 9.53. The monoisotopic (exact) mass is 982 g/mol. The Morgan fingerprint density at radius 2 is 0.543 bits per heavy atom. The quantitative estimate of drug-likeness (QED) is 0.0596. The van der Waals surface area contributed by atoms with E-state index in [1.54, 1.807) is 18.2 Å². The summed E-state index contributed by atoms with van der Waals surface area (Å²) in [4.78, 5) is 104. The molecule has 0 amide bonds. The molecule has 3 aliphatic rings. The van der Waals surface area contributed by atoms with Gasteiger partial charge in [-0.1, -0.05) is 0 Å². The number of hydrogen-bond acceptors (Lipinski definition) is 21. The molecule has 70 heavy (non-hydrogen) atoms. The van der Waals surface area contributed by atoms with Crippen LogP contribution in [0.4, 0.5) is 14.4 Å². The van der Waals surface area contributed by atoms with E-state index in [2.05, 4.69) is 0 Å². The van der Waals surface area contributed by atoms with Gasteiger partial charge in [-0.15, -0.1) is 0 Å². The Morgan fingerprint density at radius 1 is 0.329 bits per heavy atom. The largest absolute Gasteiger partial charge is 0.550 e. The first-order valence-electron chi connectivity index (χ1n) is 22.8. The molecule has 0 spiro atoms. The van der Waals surface area contributed by atoms with E-state index in [4.69, 9.17) is 72.0 Å². The van der Waals surface area contributed by atoms with Crippen LogP contribution in [0.5, 0.6) is 34.5 Å². The summed E-state index contributed by atoms with van der Waals surface area (Å²) in [6, 6.07) is 13.2. The van der Waals surface area contributed by atoms with Crippen LogP contribution in [0.1, 0.15) is 108 Å². The lowest BCUT2D eigenvalue weighted by Gasteiger charge is -2.45. The van der Waals surface area contributed by atoms with Gasteiger partial charge < -0.3 is 42.6 Å². The van der Waals surface area contributed by atoms with E-state index in [9.17, 15) is 28.8 Å². The molecule has 0 radical (unpaired) electrons. The minimum atomic E-state index is -1.15. The Balaban J connectivity index is 1.01. The predicted molar refractivity (Wildman–Crippen MR) is 238 cm³/mol. The van der Waals surface area contributed by atoms with Gasteiger partial charge in [0.2, 0.25) is 0 Å². The van der Waals surface area contributed by atoms with Gasteiger partial charge in [0.1, 0.15) is 52.8 Å². The number of hydrogen-bond donors (Lipinski definition) is 0. The van der Waals surface area contributed by atoms with Gasteiger partial charge in [0, 0.05) is 18.2 Å². The van der Waals surface area contributed by atoms with E-state index < -0.39 is 54.7 Å². The van der Waals surface area contributed by atoms with Crippen molar-refractivity contribution in [3.8, 4) is 34.5 Å². The molecule has 3 saturated carbocycles. The molecule has 0 unspecified atom stereocenters. The summed E-state index contributed by atoms with van der Waals surface area (Å²) >= 11 is 0. The normalized spacial score (nSPS) is 21.2. The maximum Gasteiger partial charge on any atom is 0.550 e. The zero-order valence-electron chi connectivity index (χ0n) is 39.8. The van der Waals surface area contributed by atoms with Gasteiger partial charge in [-0.25, -0.2) is 43.7 Å². The summed E-state index contributed by atoms with van der Waals surface area (Å²) < 4.78 is 47.8. The molecule has 3 fully saturated rings. The van der Waals surface area contributed by atoms with Crippen molar-refractivity contribution in [2.24, 2.45) is 23.7 Å². The van der Waals surface area contributed by atoms with Crippen LogP contribution in [0.25, 0.3) is 0 Å². The highest BCUT2D eigenvalue weighted by Crippen LogP contribution is 2.48. The van der Waals surface area contributed by atoms with Crippen LogP contribution in [0.3, 0.4) is 0 Å². The summed E-state index contributed by atoms with van der Waals surface area (Å²) in [5, 5.41) is 0. The molecule has 21 nitrogen and oxygen atoms in total. The molecule has 0 bridgehead atoms. The van der Waals surface area contributed by atoms with Gasteiger partial charge in [0.15, 0.2) is 0 Å². The number of benzene rings is 3. The molecule has 0 N–H and O–H groups in total. The molecule has 3 aliphatic carbocycles. The van der Waals surface area contributed by atoms with Gasteiger partial charge in [-0.2, -0.15) is 14.4 Å². The second-order valence-electron chi connectivity index (χ2n) is 17.0. The fourth-order valence-electron chi connectivity index (χ4n) is 9.53. The van der Waals surface area contributed by atoms with Crippen molar-refractivity contribution in [3.63, 3.8) is 0 Å². The molecule has 0 atom stereocenters. The lowest BCUT2D eigenvalue weighted by atomic mass is 9.61. The number of carbonyl (C=O) groups excluding carboxylic acids is 6. The summed E-state index contributed by atoms with van der Waals surface area (Å²) in [6.07, 6.45) is 2.69. The molecule has 6 rings (SSSR count). The SMILES string of the molecule is COc1cc(OC)cc(C(=O)OOC(=O)OC2CCC(C(C3CCC(OC(=O)OOC(=O)c4cc(OC)cc(OC)c4)CC3)C3CCC(OC(=O)OOC(=O)c4cc(OC)cc(OC)c4)CC3)CC2)c1. The van der Waals surface area contributed by atoms with Crippen LogP contribution in [0, 0.1) is 23.7 Å². The molecular weight excluding hydrogens is 925 g/mol. The highest BCUT2D eigenvalue weighted by molar-refractivity contribution is 5.91. The van der Waals surface area contributed by atoms with Crippen molar-refractivity contribution >= 4 is 36.4 Å². The molecule has 0 heterocycles. The predicted octanol–water partition coefficient (Wildman–Crippen LogP) is 9.11. The lowest BCUT2D eigenvalue weighted by molar-refractivity contribution is -0.209. The van der Waals surface area contributed by atoms with Gasteiger partial charge in [-0.05, 0) is 137 Å².